The molecule has 0 amide bonds. The van der Waals surface area contributed by atoms with Gasteiger partial charge in [0.25, 0.3) is 0 Å². The van der Waals surface area contributed by atoms with Gasteiger partial charge in [-0.3, -0.25) is 4.98 Å². The number of rotatable bonds is 1. The molecule has 0 aliphatic rings. The van der Waals surface area contributed by atoms with Gasteiger partial charge in [0.15, 0.2) is 0 Å². The van der Waals surface area contributed by atoms with Crippen LogP contribution in [-0.2, 0) is 0 Å². The quantitative estimate of drug-likeness (QED) is 0.697. The largest absolute Gasteiger partial charge is 0.631 e. The maximum absolute atomic E-state index is 7.17. The van der Waals surface area contributed by atoms with E-state index in [4.69, 9.17) is 15.1 Å². The van der Waals surface area contributed by atoms with Crippen LogP contribution in [0.25, 0.3) is 11.3 Å². The average molecular weight is 296 g/mol. The summed E-state index contributed by atoms with van der Waals surface area (Å²) in [5, 5.41) is 21.5. The van der Waals surface area contributed by atoms with E-state index in [-0.39, 0.29) is 0 Å². The third-order valence-corrected chi connectivity index (χ3v) is 2.45. The first-order valence-corrected chi connectivity index (χ1v) is 5.60. The molecule has 0 unspecified atom stereocenters. The Balaban J connectivity index is 0.000000317. The van der Waals surface area contributed by atoms with Crippen molar-refractivity contribution in [3.63, 3.8) is 0 Å². The van der Waals surface area contributed by atoms with Crippen molar-refractivity contribution in [3.05, 3.63) is 53.1 Å². The third kappa shape index (κ3) is 5.10. The molecule has 6 heteroatoms. The molecule has 88 valence electrons. The Bertz CT molecular complexity index is 451. The highest BCUT2D eigenvalue weighted by atomic mass is 79.9. The van der Waals surface area contributed by atoms with E-state index in [0.717, 1.165) is 15.7 Å². The van der Waals surface area contributed by atoms with Gasteiger partial charge in [-0.15, -0.1) is 0 Å². The second-order valence-electron chi connectivity index (χ2n) is 3.05. The van der Waals surface area contributed by atoms with Crippen molar-refractivity contribution >= 4 is 23.3 Å². The van der Waals surface area contributed by atoms with Crippen molar-refractivity contribution in [1.82, 2.24) is 4.98 Å². The molecule has 1 aromatic carbocycles. The van der Waals surface area contributed by atoms with E-state index in [1.165, 1.54) is 0 Å². The molecule has 0 saturated carbocycles. The zero-order valence-electron chi connectivity index (χ0n) is 8.86. The normalized spacial score (nSPS) is 9.18. The minimum Gasteiger partial charge on any atom is -0.402 e. The number of nitrogens with zero attached hydrogens (tertiary/aromatic N) is 1. The first-order chi connectivity index (χ1) is 8.11. The highest BCUT2D eigenvalue weighted by Crippen LogP contribution is 2.24. The van der Waals surface area contributed by atoms with Crippen LogP contribution in [-0.4, -0.2) is 27.4 Å². The lowest BCUT2D eigenvalue weighted by Crippen LogP contribution is -2.07. The summed E-state index contributed by atoms with van der Waals surface area (Å²) in [6.07, 6.45) is 1.80. The van der Waals surface area contributed by atoms with Gasteiger partial charge in [0.05, 0.1) is 5.69 Å². The van der Waals surface area contributed by atoms with Crippen LogP contribution in [0.2, 0.25) is 0 Å². The zero-order valence-corrected chi connectivity index (χ0v) is 10.4. The zero-order chi connectivity index (χ0) is 12.7. The molecule has 1 aromatic heterocycles. The van der Waals surface area contributed by atoms with Crippen LogP contribution in [0.3, 0.4) is 0 Å². The van der Waals surface area contributed by atoms with Crippen molar-refractivity contribution in [3.8, 4) is 11.3 Å². The molecular formula is C11H11BBrNO3. The fraction of sp³-hybridized carbons (Fsp3) is 0. The van der Waals surface area contributed by atoms with Gasteiger partial charge in [0, 0.05) is 16.2 Å². The lowest BCUT2D eigenvalue weighted by molar-refractivity contribution is 0.278. The van der Waals surface area contributed by atoms with Crippen molar-refractivity contribution < 1.29 is 15.1 Å². The van der Waals surface area contributed by atoms with E-state index in [9.17, 15) is 0 Å². The summed E-state index contributed by atoms with van der Waals surface area (Å²) in [5.74, 6) is 0. The number of hydrogen-bond acceptors (Lipinski definition) is 4. The first-order valence-electron chi connectivity index (χ1n) is 4.81. The fourth-order valence-corrected chi connectivity index (χ4v) is 1.68. The smallest absolute Gasteiger partial charge is 0.402 e. The second-order valence-corrected chi connectivity index (χ2v) is 3.90. The molecule has 0 fully saturated rings. The van der Waals surface area contributed by atoms with Crippen LogP contribution < -0.4 is 0 Å². The van der Waals surface area contributed by atoms with Crippen molar-refractivity contribution in [2.75, 3.05) is 0 Å². The molecule has 2 rings (SSSR count). The molecule has 0 bridgehead atoms. The molecule has 0 saturated heterocycles. The van der Waals surface area contributed by atoms with E-state index in [1.54, 1.807) is 6.20 Å². The van der Waals surface area contributed by atoms with Crippen LogP contribution in [0.1, 0.15) is 0 Å². The molecule has 0 aliphatic heterocycles. The van der Waals surface area contributed by atoms with E-state index in [1.807, 2.05) is 42.5 Å². The summed E-state index contributed by atoms with van der Waals surface area (Å²) < 4.78 is 1.03. The Labute approximate surface area is 108 Å². The summed E-state index contributed by atoms with van der Waals surface area (Å²) in [6, 6.07) is 14.0. The van der Waals surface area contributed by atoms with Gasteiger partial charge in [-0.05, 0) is 28.1 Å². The van der Waals surface area contributed by atoms with E-state index < -0.39 is 7.32 Å². The molecule has 0 aliphatic carbocycles. The highest BCUT2D eigenvalue weighted by molar-refractivity contribution is 9.10. The van der Waals surface area contributed by atoms with Gasteiger partial charge in [-0.1, -0.05) is 30.3 Å². The van der Waals surface area contributed by atoms with Crippen LogP contribution in [0, 0.1) is 0 Å². The summed E-state index contributed by atoms with van der Waals surface area (Å²) in [4.78, 5) is 4.30. The minimum absolute atomic E-state index is 0.989. The number of aromatic nitrogens is 1. The maximum atomic E-state index is 7.17. The highest BCUT2D eigenvalue weighted by Gasteiger charge is 2.01. The summed E-state index contributed by atoms with van der Waals surface area (Å²) in [6.45, 7) is 0. The van der Waals surface area contributed by atoms with Gasteiger partial charge >= 0.3 is 7.32 Å². The van der Waals surface area contributed by atoms with Crippen LogP contribution in [0.15, 0.2) is 53.1 Å². The standard InChI is InChI=1S/C11H8BrN.BH3O3/c12-10-7-4-8-13-11(10)9-5-2-1-3-6-9;2-1(3)4/h1-8H;2-4H. The van der Waals surface area contributed by atoms with Crippen molar-refractivity contribution in [2.45, 2.75) is 0 Å². The average Bonchev–Trinajstić information content (AvgIpc) is 2.30. The van der Waals surface area contributed by atoms with Gasteiger partial charge in [-0.2, -0.15) is 0 Å². The molecule has 4 nitrogen and oxygen atoms in total. The van der Waals surface area contributed by atoms with E-state index >= 15 is 0 Å². The Morgan fingerprint density at radius 3 is 2.06 bits per heavy atom. The SMILES string of the molecule is Brc1cccnc1-c1ccccc1.OB(O)O. The molecule has 1 heterocycles. The van der Waals surface area contributed by atoms with Crippen molar-refractivity contribution in [2.24, 2.45) is 0 Å². The lowest BCUT2D eigenvalue weighted by Gasteiger charge is -2.01. The molecule has 0 spiro atoms. The van der Waals surface area contributed by atoms with E-state index in [2.05, 4.69) is 20.9 Å². The van der Waals surface area contributed by atoms with E-state index in [0.29, 0.717) is 0 Å². The third-order valence-electron chi connectivity index (χ3n) is 1.81. The number of benzene rings is 1. The van der Waals surface area contributed by atoms with Crippen LogP contribution >= 0.6 is 15.9 Å². The molecule has 2 aromatic rings. The number of hydrogen-bond donors (Lipinski definition) is 3. The first kappa shape index (κ1) is 13.9. The second kappa shape index (κ2) is 7.19. The van der Waals surface area contributed by atoms with Gasteiger partial charge in [0.2, 0.25) is 0 Å². The van der Waals surface area contributed by atoms with Gasteiger partial charge in [0.1, 0.15) is 0 Å². The van der Waals surface area contributed by atoms with Crippen LogP contribution in [0.5, 0.6) is 0 Å². The Morgan fingerprint density at radius 2 is 1.53 bits per heavy atom. The minimum atomic E-state index is -2.17. The Kier molecular flexibility index (Phi) is 5.86. The summed E-state index contributed by atoms with van der Waals surface area (Å²) in [7, 11) is -2.17. The Morgan fingerprint density at radius 1 is 0.941 bits per heavy atom. The lowest BCUT2D eigenvalue weighted by atomic mass is 10.1. The predicted molar refractivity (Wildman–Crippen MR) is 69.8 cm³/mol. The molecule has 17 heavy (non-hydrogen) atoms. The van der Waals surface area contributed by atoms with Crippen LogP contribution in [0.4, 0.5) is 0 Å². The topological polar surface area (TPSA) is 73.6 Å². The molecular weight excluding hydrogens is 285 g/mol. The van der Waals surface area contributed by atoms with Crippen molar-refractivity contribution in [1.29, 1.82) is 0 Å². The monoisotopic (exact) mass is 295 g/mol. The van der Waals surface area contributed by atoms with Gasteiger partial charge in [-0.25, -0.2) is 0 Å². The predicted octanol–water partition coefficient (Wildman–Crippen LogP) is 1.46. The fourth-order valence-electron chi connectivity index (χ4n) is 1.19. The molecule has 3 N–H and O–H groups in total. The van der Waals surface area contributed by atoms with Gasteiger partial charge < -0.3 is 15.1 Å². The molecule has 0 radical (unpaired) electrons. The molecule has 0 atom stereocenters. The Hall–Kier alpha value is -1.21. The summed E-state index contributed by atoms with van der Waals surface area (Å²) in [5.41, 5.74) is 2.12. The number of pyridine rings is 1. The number of halogens is 1. The maximum Gasteiger partial charge on any atom is 0.631 e. The summed E-state index contributed by atoms with van der Waals surface area (Å²) >= 11 is 3.47.